The van der Waals surface area contributed by atoms with Crippen molar-refractivity contribution in [3.05, 3.63) is 30.3 Å². The van der Waals surface area contributed by atoms with E-state index in [1.54, 1.807) is 7.11 Å². The standard InChI is InChI=1S/C7H7O/c1-8-7-5-3-2-4-6-7/h2-5H,1H3. The van der Waals surface area contributed by atoms with Gasteiger partial charge in [0, 0.05) is 6.07 Å². The van der Waals surface area contributed by atoms with Crippen LogP contribution in [-0.4, -0.2) is 7.11 Å². The number of ether oxygens (including phenoxy) is 1. The molecule has 0 heterocycles. The van der Waals surface area contributed by atoms with Gasteiger partial charge in [0.25, 0.3) is 0 Å². The summed E-state index contributed by atoms with van der Waals surface area (Å²) in [6, 6.07) is 10.4. The number of rotatable bonds is 1. The lowest BCUT2D eigenvalue weighted by atomic mass is 10.3. The van der Waals surface area contributed by atoms with E-state index in [2.05, 4.69) is 6.07 Å². The second-order valence-electron chi connectivity index (χ2n) is 1.43. The zero-order chi connectivity index (χ0) is 5.82. The average Bonchev–Trinajstić information content (AvgIpc) is 1.90. The van der Waals surface area contributed by atoms with Gasteiger partial charge in [-0.25, -0.2) is 0 Å². The summed E-state index contributed by atoms with van der Waals surface area (Å²) >= 11 is 0. The van der Waals surface area contributed by atoms with Gasteiger partial charge >= 0.3 is 0 Å². The lowest BCUT2D eigenvalue weighted by Gasteiger charge is -1.93. The molecule has 0 spiro atoms. The summed E-state index contributed by atoms with van der Waals surface area (Å²) in [6.45, 7) is 0. The molecule has 0 aliphatic rings. The van der Waals surface area contributed by atoms with Crippen LogP contribution in [-0.2, 0) is 0 Å². The highest BCUT2D eigenvalue weighted by atomic mass is 16.5. The van der Waals surface area contributed by atoms with Crippen LogP contribution in [0.15, 0.2) is 24.3 Å². The van der Waals surface area contributed by atoms with Crippen molar-refractivity contribution in [2.45, 2.75) is 0 Å². The molecule has 1 nitrogen and oxygen atoms in total. The summed E-state index contributed by atoms with van der Waals surface area (Å²) in [5.41, 5.74) is 0. The molecule has 0 aromatic heterocycles. The lowest BCUT2D eigenvalue weighted by molar-refractivity contribution is 0.414. The third-order valence-electron chi connectivity index (χ3n) is 0.900. The van der Waals surface area contributed by atoms with E-state index >= 15 is 0 Å². The Bertz CT molecular complexity index is 146. The van der Waals surface area contributed by atoms with Gasteiger partial charge in [-0.1, -0.05) is 18.2 Å². The van der Waals surface area contributed by atoms with E-state index in [0.717, 1.165) is 5.75 Å². The fraction of sp³-hybridized carbons (Fsp3) is 0.143. The first-order valence-corrected chi connectivity index (χ1v) is 2.44. The van der Waals surface area contributed by atoms with Gasteiger partial charge in [-0.3, -0.25) is 0 Å². The van der Waals surface area contributed by atoms with Crippen LogP contribution >= 0.6 is 0 Å². The Morgan fingerprint density at radius 2 is 2.38 bits per heavy atom. The highest BCUT2D eigenvalue weighted by Crippen LogP contribution is 2.04. The average molecular weight is 107 g/mol. The van der Waals surface area contributed by atoms with Crippen molar-refractivity contribution in [3.63, 3.8) is 0 Å². The predicted octanol–water partition coefficient (Wildman–Crippen LogP) is 1.50. The molecular weight excluding hydrogens is 100 g/mol. The second-order valence-corrected chi connectivity index (χ2v) is 1.43. The quantitative estimate of drug-likeness (QED) is 0.528. The maximum Gasteiger partial charge on any atom is 0.126 e. The van der Waals surface area contributed by atoms with Crippen LogP contribution in [0.1, 0.15) is 0 Å². The Balaban J connectivity index is 2.83. The molecule has 0 amide bonds. The van der Waals surface area contributed by atoms with Gasteiger partial charge in [-0.15, -0.1) is 0 Å². The van der Waals surface area contributed by atoms with Gasteiger partial charge in [-0.2, -0.15) is 0 Å². The molecule has 0 unspecified atom stereocenters. The number of benzene rings is 1. The van der Waals surface area contributed by atoms with Crippen molar-refractivity contribution in [1.82, 2.24) is 0 Å². The maximum atomic E-state index is 4.86. The van der Waals surface area contributed by atoms with Crippen molar-refractivity contribution >= 4 is 0 Å². The normalized spacial score (nSPS) is 8.62. The highest BCUT2D eigenvalue weighted by Gasteiger charge is 1.81. The Morgan fingerprint density at radius 1 is 1.50 bits per heavy atom. The van der Waals surface area contributed by atoms with E-state index in [4.69, 9.17) is 4.74 Å². The first-order chi connectivity index (χ1) is 3.93. The summed E-state index contributed by atoms with van der Waals surface area (Å²) in [5.74, 6) is 0.785. The topological polar surface area (TPSA) is 9.23 Å². The molecule has 1 heteroatoms. The van der Waals surface area contributed by atoms with Crippen LogP contribution in [0.3, 0.4) is 0 Å². The molecule has 0 saturated carbocycles. The maximum absolute atomic E-state index is 4.86. The molecule has 1 radical (unpaired) electrons. The van der Waals surface area contributed by atoms with E-state index in [-0.39, 0.29) is 0 Å². The van der Waals surface area contributed by atoms with Gasteiger partial charge in [-0.05, 0) is 6.07 Å². The van der Waals surface area contributed by atoms with E-state index in [1.165, 1.54) is 0 Å². The summed E-state index contributed by atoms with van der Waals surface area (Å²) in [5, 5.41) is 0. The van der Waals surface area contributed by atoms with Crippen LogP contribution in [0.25, 0.3) is 0 Å². The summed E-state index contributed by atoms with van der Waals surface area (Å²) in [7, 11) is 1.63. The molecule has 1 aromatic rings. The Hall–Kier alpha value is -0.980. The molecule has 0 saturated heterocycles. The van der Waals surface area contributed by atoms with Gasteiger partial charge in [0.15, 0.2) is 0 Å². The van der Waals surface area contributed by atoms with Crippen LogP contribution in [0, 0.1) is 6.07 Å². The molecule has 0 fully saturated rings. The molecule has 0 bridgehead atoms. The molecule has 0 aliphatic carbocycles. The molecule has 0 atom stereocenters. The Labute approximate surface area is 48.9 Å². The molecule has 0 aliphatic heterocycles. The third-order valence-corrected chi connectivity index (χ3v) is 0.900. The zero-order valence-corrected chi connectivity index (χ0v) is 4.72. The van der Waals surface area contributed by atoms with Crippen molar-refractivity contribution < 1.29 is 4.74 Å². The van der Waals surface area contributed by atoms with Gasteiger partial charge in [0.1, 0.15) is 5.75 Å². The van der Waals surface area contributed by atoms with Gasteiger partial charge < -0.3 is 4.74 Å². The molecular formula is C7H7O. The molecule has 1 rings (SSSR count). The molecule has 41 valence electrons. The first-order valence-electron chi connectivity index (χ1n) is 2.44. The molecule has 8 heavy (non-hydrogen) atoms. The minimum absolute atomic E-state index is 0.785. The van der Waals surface area contributed by atoms with E-state index in [9.17, 15) is 0 Å². The predicted molar refractivity (Wildman–Crippen MR) is 31.8 cm³/mol. The fourth-order valence-electron chi connectivity index (χ4n) is 0.504. The van der Waals surface area contributed by atoms with Gasteiger partial charge in [0.05, 0.1) is 7.11 Å². The van der Waals surface area contributed by atoms with Gasteiger partial charge in [0.2, 0.25) is 0 Å². The highest BCUT2D eigenvalue weighted by molar-refractivity contribution is 5.18. The number of hydrogen-bond acceptors (Lipinski definition) is 1. The summed E-state index contributed by atoms with van der Waals surface area (Å²) in [6.07, 6.45) is 0. The third kappa shape index (κ3) is 0.997. The lowest BCUT2D eigenvalue weighted by Crippen LogP contribution is -1.79. The smallest absolute Gasteiger partial charge is 0.126 e. The monoisotopic (exact) mass is 107 g/mol. The largest absolute Gasteiger partial charge is 0.496 e. The molecule has 0 N–H and O–H groups in total. The Kier molecular flexibility index (Phi) is 1.52. The first kappa shape index (κ1) is 5.16. The minimum atomic E-state index is 0.785. The van der Waals surface area contributed by atoms with E-state index < -0.39 is 0 Å². The summed E-state index contributed by atoms with van der Waals surface area (Å²) in [4.78, 5) is 0. The summed E-state index contributed by atoms with van der Waals surface area (Å²) < 4.78 is 4.86. The number of methoxy groups -OCH3 is 1. The zero-order valence-electron chi connectivity index (χ0n) is 4.72. The number of para-hydroxylation sites is 1. The van der Waals surface area contributed by atoms with Crippen LogP contribution in [0.2, 0.25) is 0 Å². The van der Waals surface area contributed by atoms with Crippen molar-refractivity contribution in [1.29, 1.82) is 0 Å². The van der Waals surface area contributed by atoms with Crippen molar-refractivity contribution in [2.24, 2.45) is 0 Å². The number of hydrogen-bond donors (Lipinski definition) is 0. The van der Waals surface area contributed by atoms with Crippen molar-refractivity contribution in [3.8, 4) is 5.75 Å². The van der Waals surface area contributed by atoms with Crippen LogP contribution in [0.5, 0.6) is 5.75 Å². The van der Waals surface area contributed by atoms with Crippen LogP contribution < -0.4 is 4.74 Å². The Morgan fingerprint density at radius 3 is 2.75 bits per heavy atom. The van der Waals surface area contributed by atoms with Crippen molar-refractivity contribution in [2.75, 3.05) is 7.11 Å². The fourth-order valence-corrected chi connectivity index (χ4v) is 0.504. The second kappa shape index (κ2) is 2.36. The SMILES string of the molecule is COc1[c]cccc1. The van der Waals surface area contributed by atoms with Crippen LogP contribution in [0.4, 0.5) is 0 Å². The molecule has 1 aromatic carbocycles. The van der Waals surface area contributed by atoms with E-state index in [0.29, 0.717) is 0 Å². The minimum Gasteiger partial charge on any atom is -0.496 e. The van der Waals surface area contributed by atoms with E-state index in [1.807, 2.05) is 24.3 Å².